The van der Waals surface area contributed by atoms with E-state index in [0.29, 0.717) is 45.1 Å². The summed E-state index contributed by atoms with van der Waals surface area (Å²) in [7, 11) is -3.18. The van der Waals surface area contributed by atoms with Crippen LogP contribution in [0.1, 0.15) is 26.2 Å². The first-order valence-electron chi connectivity index (χ1n) is 6.36. The lowest BCUT2D eigenvalue weighted by Gasteiger charge is -2.31. The van der Waals surface area contributed by atoms with Gasteiger partial charge in [-0.15, -0.1) is 0 Å². The lowest BCUT2D eigenvalue weighted by atomic mass is 10.0. The largest absolute Gasteiger partial charge is 0.381 e. The van der Waals surface area contributed by atoms with E-state index in [1.54, 1.807) is 4.31 Å². The molecule has 2 saturated heterocycles. The lowest BCUT2D eigenvalue weighted by Crippen LogP contribution is -2.47. The van der Waals surface area contributed by atoms with E-state index in [-0.39, 0.29) is 11.3 Å². The van der Waals surface area contributed by atoms with Crippen molar-refractivity contribution in [1.82, 2.24) is 4.31 Å². The van der Waals surface area contributed by atoms with Crippen molar-refractivity contribution in [2.45, 2.75) is 37.5 Å². The summed E-state index contributed by atoms with van der Waals surface area (Å²) in [6, 6.07) is -0.0113. The highest BCUT2D eigenvalue weighted by atomic mass is 32.2. The molecule has 17 heavy (non-hydrogen) atoms. The van der Waals surface area contributed by atoms with Crippen molar-refractivity contribution in [3.05, 3.63) is 0 Å². The minimum absolute atomic E-state index is 0.0113. The summed E-state index contributed by atoms with van der Waals surface area (Å²) >= 11 is 0. The van der Waals surface area contributed by atoms with E-state index < -0.39 is 10.0 Å². The van der Waals surface area contributed by atoms with Crippen LogP contribution in [0.3, 0.4) is 0 Å². The fourth-order valence-electron chi connectivity index (χ4n) is 2.80. The maximum Gasteiger partial charge on any atom is 0.217 e. The van der Waals surface area contributed by atoms with Crippen molar-refractivity contribution in [2.24, 2.45) is 11.7 Å². The van der Waals surface area contributed by atoms with E-state index in [9.17, 15) is 8.42 Å². The molecular weight excluding hydrogens is 240 g/mol. The molecule has 0 bridgehead atoms. The molecule has 0 spiro atoms. The van der Waals surface area contributed by atoms with Crippen molar-refractivity contribution in [3.8, 4) is 0 Å². The third-order valence-electron chi connectivity index (χ3n) is 3.99. The summed E-state index contributed by atoms with van der Waals surface area (Å²) in [6.45, 7) is 4.24. The van der Waals surface area contributed by atoms with Crippen molar-refractivity contribution in [2.75, 3.05) is 26.3 Å². The van der Waals surface area contributed by atoms with Crippen LogP contribution in [0, 0.1) is 5.92 Å². The number of nitrogens with zero attached hydrogens (tertiary/aromatic N) is 1. The first-order valence-corrected chi connectivity index (χ1v) is 7.86. The fourth-order valence-corrected chi connectivity index (χ4v) is 5.01. The van der Waals surface area contributed by atoms with Crippen LogP contribution in [0.4, 0.5) is 0 Å². The zero-order valence-corrected chi connectivity index (χ0v) is 11.2. The molecule has 2 N–H and O–H groups in total. The van der Waals surface area contributed by atoms with Crippen LogP contribution in [-0.4, -0.2) is 50.3 Å². The molecule has 0 amide bonds. The van der Waals surface area contributed by atoms with Gasteiger partial charge in [0.15, 0.2) is 0 Å². The normalized spacial score (nSPS) is 33.1. The summed E-state index contributed by atoms with van der Waals surface area (Å²) in [5.74, 6) is 0.370. The first-order chi connectivity index (χ1) is 8.07. The van der Waals surface area contributed by atoms with E-state index in [4.69, 9.17) is 10.5 Å². The van der Waals surface area contributed by atoms with Crippen molar-refractivity contribution in [1.29, 1.82) is 0 Å². The van der Waals surface area contributed by atoms with Gasteiger partial charge in [-0.25, -0.2) is 8.42 Å². The summed E-state index contributed by atoms with van der Waals surface area (Å²) in [4.78, 5) is 0. The Labute approximate surface area is 103 Å². The monoisotopic (exact) mass is 262 g/mol. The Kier molecular flexibility index (Phi) is 4.07. The molecule has 0 aromatic rings. The van der Waals surface area contributed by atoms with E-state index in [2.05, 4.69) is 6.92 Å². The van der Waals surface area contributed by atoms with Crippen molar-refractivity contribution in [3.63, 3.8) is 0 Å². The molecular formula is C11H22N2O3S. The predicted octanol–water partition coefficient (Wildman–Crippen LogP) is 0.164. The van der Waals surface area contributed by atoms with Gasteiger partial charge in [-0.1, -0.05) is 6.92 Å². The lowest BCUT2D eigenvalue weighted by molar-refractivity contribution is 0.0970. The predicted molar refractivity (Wildman–Crippen MR) is 66.1 cm³/mol. The molecule has 2 atom stereocenters. The van der Waals surface area contributed by atoms with Gasteiger partial charge >= 0.3 is 0 Å². The highest BCUT2D eigenvalue weighted by Gasteiger charge is 2.42. The molecule has 2 rings (SSSR count). The Bertz CT molecular complexity index is 352. The van der Waals surface area contributed by atoms with Crippen LogP contribution in [0.15, 0.2) is 0 Å². The summed E-state index contributed by atoms with van der Waals surface area (Å²) in [6.07, 6.45) is 2.15. The second kappa shape index (κ2) is 5.22. The third-order valence-corrected chi connectivity index (χ3v) is 6.41. The minimum atomic E-state index is -3.18. The SMILES string of the molecule is CC1CCN(S(=O)(=O)C2CCOCC2)C1CN. The zero-order valence-electron chi connectivity index (χ0n) is 10.3. The van der Waals surface area contributed by atoms with E-state index in [1.807, 2.05) is 0 Å². The smallest absolute Gasteiger partial charge is 0.217 e. The maximum atomic E-state index is 12.5. The van der Waals surface area contributed by atoms with Gasteiger partial charge in [-0.2, -0.15) is 4.31 Å². The molecule has 2 fully saturated rings. The van der Waals surface area contributed by atoms with Gasteiger partial charge in [0.25, 0.3) is 0 Å². The van der Waals surface area contributed by atoms with Crippen LogP contribution < -0.4 is 5.73 Å². The molecule has 0 saturated carbocycles. The molecule has 6 heteroatoms. The zero-order chi connectivity index (χ0) is 12.5. The topological polar surface area (TPSA) is 72.6 Å². The summed E-state index contributed by atoms with van der Waals surface area (Å²) < 4.78 is 31.9. The standard InChI is InChI=1S/C11H22N2O3S/c1-9-2-5-13(11(9)8-12)17(14,15)10-3-6-16-7-4-10/h9-11H,2-8,12H2,1H3. The Hall–Kier alpha value is -0.170. The molecule has 0 aromatic heterocycles. The Morgan fingerprint density at radius 1 is 1.29 bits per heavy atom. The van der Waals surface area contributed by atoms with Crippen LogP contribution in [0.2, 0.25) is 0 Å². The Balaban J connectivity index is 2.14. The first kappa shape index (κ1) is 13.3. The second-order valence-electron chi connectivity index (χ2n) is 5.04. The van der Waals surface area contributed by atoms with E-state index in [0.717, 1.165) is 6.42 Å². The minimum Gasteiger partial charge on any atom is -0.381 e. The number of rotatable bonds is 3. The molecule has 2 aliphatic heterocycles. The molecule has 5 nitrogen and oxygen atoms in total. The van der Waals surface area contributed by atoms with Gasteiger partial charge in [0.05, 0.1) is 5.25 Å². The molecule has 2 aliphatic rings. The molecule has 0 aliphatic carbocycles. The van der Waals surface area contributed by atoms with Gasteiger partial charge in [-0.3, -0.25) is 0 Å². The van der Waals surface area contributed by atoms with Crippen LogP contribution in [0.5, 0.6) is 0 Å². The quantitative estimate of drug-likeness (QED) is 0.786. The molecule has 0 radical (unpaired) electrons. The number of hydrogen-bond donors (Lipinski definition) is 1. The number of hydrogen-bond acceptors (Lipinski definition) is 4. The Morgan fingerprint density at radius 3 is 2.53 bits per heavy atom. The molecule has 0 aromatic carbocycles. The molecule has 2 heterocycles. The van der Waals surface area contributed by atoms with Crippen LogP contribution in [-0.2, 0) is 14.8 Å². The number of ether oxygens (including phenoxy) is 1. The van der Waals surface area contributed by atoms with Gasteiger partial charge in [0.1, 0.15) is 0 Å². The average Bonchev–Trinajstić information content (AvgIpc) is 2.72. The third kappa shape index (κ3) is 2.50. The maximum absolute atomic E-state index is 12.5. The van der Waals surface area contributed by atoms with E-state index in [1.165, 1.54) is 0 Å². The van der Waals surface area contributed by atoms with Crippen LogP contribution >= 0.6 is 0 Å². The molecule has 2 unspecified atom stereocenters. The number of sulfonamides is 1. The van der Waals surface area contributed by atoms with E-state index >= 15 is 0 Å². The average molecular weight is 262 g/mol. The Morgan fingerprint density at radius 2 is 1.94 bits per heavy atom. The van der Waals surface area contributed by atoms with Gasteiger partial charge < -0.3 is 10.5 Å². The highest BCUT2D eigenvalue weighted by molar-refractivity contribution is 7.89. The van der Waals surface area contributed by atoms with Gasteiger partial charge in [0, 0.05) is 32.3 Å². The fraction of sp³-hybridized carbons (Fsp3) is 1.00. The molecule has 100 valence electrons. The highest BCUT2D eigenvalue weighted by Crippen LogP contribution is 2.30. The van der Waals surface area contributed by atoms with Crippen LogP contribution in [0.25, 0.3) is 0 Å². The summed E-state index contributed by atoms with van der Waals surface area (Å²) in [5, 5.41) is -0.268. The summed E-state index contributed by atoms with van der Waals surface area (Å²) in [5.41, 5.74) is 5.71. The van der Waals surface area contributed by atoms with Crippen molar-refractivity contribution >= 4 is 10.0 Å². The van der Waals surface area contributed by atoms with Gasteiger partial charge in [0.2, 0.25) is 10.0 Å². The number of nitrogens with two attached hydrogens (primary N) is 1. The van der Waals surface area contributed by atoms with Crippen molar-refractivity contribution < 1.29 is 13.2 Å². The second-order valence-corrected chi connectivity index (χ2v) is 7.20. The van der Waals surface area contributed by atoms with Gasteiger partial charge in [-0.05, 0) is 25.2 Å².